The van der Waals surface area contributed by atoms with Gasteiger partial charge in [-0.1, -0.05) is 58.4 Å². The summed E-state index contributed by atoms with van der Waals surface area (Å²) in [4.78, 5) is 19.1. The molecular formula is C26H17BrF3NO4. The van der Waals surface area contributed by atoms with Crippen molar-refractivity contribution in [1.82, 2.24) is 5.06 Å². The fourth-order valence-electron chi connectivity index (χ4n) is 3.87. The van der Waals surface area contributed by atoms with Crippen LogP contribution in [0.4, 0.5) is 13.2 Å². The van der Waals surface area contributed by atoms with Gasteiger partial charge in [0, 0.05) is 9.86 Å². The van der Waals surface area contributed by atoms with Gasteiger partial charge in [-0.3, -0.25) is 9.63 Å². The number of carbonyl (C=O) groups is 1. The van der Waals surface area contributed by atoms with Gasteiger partial charge in [0.25, 0.3) is 5.91 Å². The first-order valence-corrected chi connectivity index (χ1v) is 11.3. The number of nitrogens with zero attached hydrogens (tertiary/aromatic N) is 1. The molecule has 1 unspecified atom stereocenters. The van der Waals surface area contributed by atoms with Crippen molar-refractivity contribution in [1.29, 1.82) is 0 Å². The van der Waals surface area contributed by atoms with Crippen LogP contribution in [0, 0.1) is 0 Å². The number of aliphatic hydroxyl groups is 1. The Morgan fingerprint density at radius 2 is 1.74 bits per heavy atom. The van der Waals surface area contributed by atoms with E-state index in [1.165, 1.54) is 18.2 Å². The molecule has 1 N–H and O–H groups in total. The smallest absolute Gasteiger partial charge is 0.416 e. The number of halogens is 4. The summed E-state index contributed by atoms with van der Waals surface area (Å²) in [5, 5.41) is 13.2. The number of hydroxylamine groups is 2. The minimum Gasteiger partial charge on any atom is -0.455 e. The van der Waals surface area contributed by atoms with E-state index in [0.29, 0.717) is 16.7 Å². The average Bonchev–Trinajstić information content (AvgIpc) is 3.37. The van der Waals surface area contributed by atoms with Gasteiger partial charge in [-0.05, 0) is 53.6 Å². The number of fused-ring (bicyclic) bond motifs is 1. The van der Waals surface area contributed by atoms with E-state index in [4.69, 9.17) is 9.25 Å². The molecule has 9 heteroatoms. The maximum absolute atomic E-state index is 13.4. The maximum Gasteiger partial charge on any atom is 0.416 e. The molecule has 0 radical (unpaired) electrons. The van der Waals surface area contributed by atoms with Gasteiger partial charge < -0.3 is 9.52 Å². The molecule has 0 saturated heterocycles. The monoisotopic (exact) mass is 543 g/mol. The number of hydrogen-bond acceptors (Lipinski definition) is 4. The minimum absolute atomic E-state index is 0.0597. The quantitative estimate of drug-likeness (QED) is 0.315. The molecule has 1 aliphatic rings. The lowest BCUT2D eigenvalue weighted by molar-refractivity contribution is -0.267. The molecular weight excluding hydrogens is 527 g/mol. The summed E-state index contributed by atoms with van der Waals surface area (Å²) in [7, 11) is 0. The van der Waals surface area contributed by atoms with Gasteiger partial charge in [0.15, 0.2) is 5.76 Å². The van der Waals surface area contributed by atoms with Crippen molar-refractivity contribution in [3.8, 4) is 0 Å². The van der Waals surface area contributed by atoms with Crippen molar-refractivity contribution in [3.05, 3.63) is 112 Å². The Hall–Kier alpha value is -3.40. The van der Waals surface area contributed by atoms with Crippen LogP contribution in [0.2, 0.25) is 0 Å². The number of rotatable bonds is 5. The van der Waals surface area contributed by atoms with E-state index in [9.17, 15) is 23.1 Å². The lowest BCUT2D eigenvalue weighted by Gasteiger charge is -2.30. The second-order valence-electron chi connectivity index (χ2n) is 8.01. The fourth-order valence-corrected chi connectivity index (χ4v) is 4.27. The summed E-state index contributed by atoms with van der Waals surface area (Å²) in [6, 6.07) is 20.1. The average molecular weight is 544 g/mol. The Morgan fingerprint density at radius 3 is 2.43 bits per heavy atom. The summed E-state index contributed by atoms with van der Waals surface area (Å²) in [5.41, 5.74) is -1.26. The van der Waals surface area contributed by atoms with Crippen LogP contribution < -0.4 is 0 Å². The van der Waals surface area contributed by atoms with Crippen molar-refractivity contribution in [2.45, 2.75) is 18.5 Å². The molecule has 1 aliphatic heterocycles. The van der Waals surface area contributed by atoms with Crippen molar-refractivity contribution < 1.29 is 32.3 Å². The highest BCUT2D eigenvalue weighted by molar-refractivity contribution is 9.10. The van der Waals surface area contributed by atoms with Crippen LogP contribution in [-0.4, -0.2) is 16.1 Å². The van der Waals surface area contributed by atoms with Crippen LogP contribution in [0.1, 0.15) is 22.5 Å². The molecule has 178 valence electrons. The van der Waals surface area contributed by atoms with E-state index in [-0.39, 0.29) is 17.9 Å². The predicted octanol–water partition coefficient (Wildman–Crippen LogP) is 6.42. The minimum atomic E-state index is -4.46. The van der Waals surface area contributed by atoms with E-state index >= 15 is 0 Å². The van der Waals surface area contributed by atoms with Crippen LogP contribution in [0.15, 0.2) is 93.8 Å². The van der Waals surface area contributed by atoms with Crippen molar-refractivity contribution in [2.75, 3.05) is 0 Å². The van der Waals surface area contributed by atoms with Crippen LogP contribution in [0.5, 0.6) is 0 Å². The summed E-state index contributed by atoms with van der Waals surface area (Å²) in [5.74, 6) is -0.567. The molecule has 0 fully saturated rings. The molecule has 0 bridgehead atoms. The molecule has 3 aromatic carbocycles. The number of benzene rings is 3. The third-order valence-corrected chi connectivity index (χ3v) is 6.13. The van der Waals surface area contributed by atoms with Gasteiger partial charge in [0.1, 0.15) is 12.2 Å². The normalized spacial score (nSPS) is 18.4. The maximum atomic E-state index is 13.4. The van der Waals surface area contributed by atoms with Gasteiger partial charge in [-0.2, -0.15) is 18.2 Å². The van der Waals surface area contributed by atoms with Gasteiger partial charge >= 0.3 is 6.18 Å². The summed E-state index contributed by atoms with van der Waals surface area (Å²) >= 11 is 3.38. The lowest BCUT2D eigenvalue weighted by Crippen LogP contribution is -2.43. The van der Waals surface area contributed by atoms with Crippen LogP contribution in [0.3, 0.4) is 0 Å². The van der Waals surface area contributed by atoms with Crippen LogP contribution >= 0.6 is 15.9 Å². The number of para-hydroxylation sites is 1. The summed E-state index contributed by atoms with van der Waals surface area (Å²) in [6.45, 7) is -0.258. The van der Waals surface area contributed by atoms with Gasteiger partial charge in [-0.15, -0.1) is 0 Å². The zero-order valence-corrected chi connectivity index (χ0v) is 19.5. The molecule has 5 nitrogen and oxygen atoms in total. The summed E-state index contributed by atoms with van der Waals surface area (Å²) in [6.07, 6.45) is -3.11. The van der Waals surface area contributed by atoms with Gasteiger partial charge in [0.05, 0.1) is 11.1 Å². The first kappa shape index (κ1) is 23.3. The standard InChI is InChI=1S/C26H17BrF3NO4/c27-20-6-3-5-17(12-20)21-14-25(33,23-13-18-4-1-2-7-22(18)35-23)31(24(21)32)34-15-16-8-10-19(11-9-16)26(28,29)30/h1-14,33H,15H2. The van der Waals surface area contributed by atoms with E-state index in [0.717, 1.165) is 27.1 Å². The van der Waals surface area contributed by atoms with Crippen molar-refractivity contribution >= 4 is 38.4 Å². The van der Waals surface area contributed by atoms with E-state index < -0.39 is 23.4 Å². The molecule has 1 atom stereocenters. The second-order valence-corrected chi connectivity index (χ2v) is 8.93. The number of carbonyl (C=O) groups excluding carboxylic acids is 1. The Balaban J connectivity index is 1.51. The molecule has 0 saturated carbocycles. The Kier molecular flexibility index (Phi) is 5.79. The molecule has 1 aromatic heterocycles. The largest absolute Gasteiger partial charge is 0.455 e. The molecule has 4 aromatic rings. The number of amides is 1. The fraction of sp³-hybridized carbons (Fsp3) is 0.115. The van der Waals surface area contributed by atoms with E-state index in [1.807, 2.05) is 6.07 Å². The van der Waals surface area contributed by atoms with Crippen LogP contribution in [-0.2, 0) is 28.1 Å². The molecule has 2 heterocycles. The zero-order chi connectivity index (χ0) is 24.8. The van der Waals surface area contributed by atoms with E-state index in [2.05, 4.69) is 15.9 Å². The van der Waals surface area contributed by atoms with Crippen molar-refractivity contribution in [2.24, 2.45) is 0 Å². The third-order valence-electron chi connectivity index (χ3n) is 5.64. The SMILES string of the molecule is O=C1C(c2cccc(Br)c2)=CC(O)(c2cc3ccccc3o2)N1OCc1ccc(C(F)(F)F)cc1. The second kappa shape index (κ2) is 8.67. The molecule has 0 aliphatic carbocycles. The first-order chi connectivity index (χ1) is 16.6. The highest BCUT2D eigenvalue weighted by Crippen LogP contribution is 2.42. The summed E-state index contributed by atoms with van der Waals surface area (Å²) < 4.78 is 45.2. The topological polar surface area (TPSA) is 62.9 Å². The lowest BCUT2D eigenvalue weighted by atomic mass is 10.0. The third kappa shape index (κ3) is 4.38. The highest BCUT2D eigenvalue weighted by Gasteiger charge is 2.49. The molecule has 1 amide bonds. The van der Waals surface area contributed by atoms with E-state index in [1.54, 1.807) is 48.5 Å². The molecule has 0 spiro atoms. The number of alkyl halides is 3. The zero-order valence-electron chi connectivity index (χ0n) is 17.9. The van der Waals surface area contributed by atoms with Gasteiger partial charge in [0.2, 0.25) is 5.72 Å². The number of hydrogen-bond donors (Lipinski definition) is 1. The number of furan rings is 1. The Labute approximate surface area is 206 Å². The highest BCUT2D eigenvalue weighted by atomic mass is 79.9. The van der Waals surface area contributed by atoms with Gasteiger partial charge in [-0.25, -0.2) is 0 Å². The van der Waals surface area contributed by atoms with Crippen molar-refractivity contribution in [3.63, 3.8) is 0 Å². The Morgan fingerprint density at radius 1 is 1.00 bits per heavy atom. The molecule has 35 heavy (non-hydrogen) atoms. The first-order valence-electron chi connectivity index (χ1n) is 10.5. The predicted molar refractivity (Wildman–Crippen MR) is 125 cm³/mol. The Bertz CT molecular complexity index is 1410. The van der Waals surface area contributed by atoms with Crippen LogP contribution in [0.25, 0.3) is 16.5 Å². The molecule has 5 rings (SSSR count).